The van der Waals surface area contributed by atoms with Crippen LogP contribution in [-0.4, -0.2) is 134 Å². The number of hydroxylamine groups is 3. The van der Waals surface area contributed by atoms with Crippen molar-refractivity contribution < 1.29 is 43.4 Å². The Labute approximate surface area is 340 Å². The third-order valence-corrected chi connectivity index (χ3v) is 16.6. The highest BCUT2D eigenvalue weighted by Gasteiger charge is 2.77. The fraction of sp³-hybridized carbons (Fsp3) is 0.644. The Bertz CT molecular complexity index is 2100. The zero-order chi connectivity index (χ0) is 40.8. The molecule has 0 radical (unpaired) electrons. The molecule has 10 rings (SSSR count). The third kappa shape index (κ3) is 4.69. The van der Waals surface area contributed by atoms with Gasteiger partial charge in [-0.05, 0) is 55.5 Å². The molecule has 13 heteroatoms. The number of hydrogen-bond donors (Lipinski definition) is 3. The molecular weight excluding hydrogens is 741 g/mol. The van der Waals surface area contributed by atoms with E-state index in [2.05, 4.69) is 54.4 Å². The Kier molecular flexibility index (Phi) is 8.39. The number of carbonyl (C=O) groups is 2. The molecule has 8 aliphatic rings. The molecule has 0 aromatic heterocycles. The van der Waals surface area contributed by atoms with Crippen molar-refractivity contribution in [2.24, 2.45) is 11.3 Å². The maximum absolute atomic E-state index is 15.4. The third-order valence-electron chi connectivity index (χ3n) is 16.6. The first kappa shape index (κ1) is 38.5. The van der Waals surface area contributed by atoms with Gasteiger partial charge < -0.3 is 49.2 Å². The van der Waals surface area contributed by atoms with Crippen LogP contribution in [0.1, 0.15) is 75.5 Å². The Morgan fingerprint density at radius 2 is 1.91 bits per heavy atom. The average Bonchev–Trinajstić information content (AvgIpc) is 3.49. The van der Waals surface area contributed by atoms with Crippen LogP contribution in [0.25, 0.3) is 0 Å². The summed E-state index contributed by atoms with van der Waals surface area (Å²) in [7, 11) is 5.01. The topological polar surface area (TPSA) is 156 Å². The molecule has 4 saturated heterocycles. The zero-order valence-corrected chi connectivity index (χ0v) is 34.5. The summed E-state index contributed by atoms with van der Waals surface area (Å²) >= 11 is 0. The molecule has 3 N–H and O–H groups in total. The zero-order valence-electron chi connectivity index (χ0n) is 34.5. The van der Waals surface area contributed by atoms with E-state index >= 15 is 4.79 Å². The first-order valence-electron chi connectivity index (χ1n) is 21.3. The molecule has 1 aliphatic carbocycles. The second-order valence-corrected chi connectivity index (χ2v) is 18.9. The molecule has 5 fully saturated rings. The van der Waals surface area contributed by atoms with Crippen LogP contribution in [0.5, 0.6) is 5.75 Å². The molecule has 7 aliphatic heterocycles. The van der Waals surface area contributed by atoms with Gasteiger partial charge in [-0.2, -0.15) is 0 Å². The highest BCUT2D eigenvalue weighted by molar-refractivity contribution is 5.89. The number of ether oxygens (including phenoxy) is 4. The van der Waals surface area contributed by atoms with Gasteiger partial charge in [0.05, 0.1) is 45.5 Å². The number of piperidine rings is 1. The van der Waals surface area contributed by atoms with Crippen LogP contribution in [-0.2, 0) is 34.6 Å². The molecular formula is C45H58N4O9. The maximum Gasteiger partial charge on any atom is 0.318 e. The van der Waals surface area contributed by atoms with Gasteiger partial charge >= 0.3 is 11.9 Å². The van der Waals surface area contributed by atoms with E-state index in [4.69, 9.17) is 18.9 Å². The standard InChI is InChI=1S/C45H58N4O9/c1-7-41-15-11-17-48-18-16-43(37(41)48)30-20-31(34(55-5)21-33(30)47(4)38(43)45(53,39(41)51)25-57-26(3)50)44(40(52)56-6)22-27-23-49(54,24-42(8-2)36(27)58-42)19-14-29-28-12-9-10-13-32(28)46-35(29)44/h9-13,15,20-21,27,29,35-39,46,51,53H,7-8,14,16-19,22-25H2,1-6H3/t27?,29?,35?,36?,37-,38+,39+,41+,42?,43+,44+,45-,49?/m1/s1. The number of hydrogen-bond acceptors (Lipinski definition) is 12. The van der Waals surface area contributed by atoms with Crippen molar-refractivity contribution >= 4 is 23.3 Å². The van der Waals surface area contributed by atoms with Gasteiger partial charge in [0.25, 0.3) is 0 Å². The molecule has 1 spiro atoms. The van der Waals surface area contributed by atoms with Crippen LogP contribution < -0.4 is 15.0 Å². The lowest BCUT2D eigenvalue weighted by atomic mass is 9.48. The number of esters is 2. The first-order chi connectivity index (χ1) is 27.7. The molecule has 13 nitrogen and oxygen atoms in total. The van der Waals surface area contributed by atoms with Crippen molar-refractivity contribution in [3.63, 3.8) is 0 Å². The molecule has 2 aromatic rings. The monoisotopic (exact) mass is 798 g/mol. The summed E-state index contributed by atoms with van der Waals surface area (Å²) in [5.74, 6) is -0.854. The second kappa shape index (κ2) is 12.7. The maximum atomic E-state index is 15.4. The van der Waals surface area contributed by atoms with Gasteiger partial charge in [-0.25, -0.2) is 0 Å². The van der Waals surface area contributed by atoms with Crippen molar-refractivity contribution in [1.82, 2.24) is 4.90 Å². The van der Waals surface area contributed by atoms with Gasteiger partial charge in [-0.15, -0.1) is 0 Å². The summed E-state index contributed by atoms with van der Waals surface area (Å²) in [5, 5.41) is 44.4. The van der Waals surface area contributed by atoms with Crippen molar-refractivity contribution in [3.05, 3.63) is 70.4 Å². The van der Waals surface area contributed by atoms with Gasteiger partial charge in [0.1, 0.15) is 41.6 Å². The summed E-state index contributed by atoms with van der Waals surface area (Å²) in [6.07, 6.45) is 5.58. The largest absolute Gasteiger partial charge is 0.633 e. The molecule has 6 unspecified atom stereocenters. The number of aliphatic hydroxyl groups is 2. The number of para-hydroxylation sites is 1. The summed E-state index contributed by atoms with van der Waals surface area (Å²) in [5.41, 5.74) is -0.860. The van der Waals surface area contributed by atoms with Crippen LogP contribution >= 0.6 is 0 Å². The number of benzene rings is 2. The lowest BCUT2D eigenvalue weighted by Gasteiger charge is -2.64. The highest BCUT2D eigenvalue weighted by Crippen LogP contribution is 2.68. The molecule has 2 aromatic carbocycles. The van der Waals surface area contributed by atoms with E-state index in [-0.39, 0.29) is 35.2 Å². The fourth-order valence-corrected chi connectivity index (χ4v) is 14.5. The second-order valence-electron chi connectivity index (χ2n) is 18.9. The van der Waals surface area contributed by atoms with Gasteiger partial charge in [0.15, 0.2) is 0 Å². The van der Waals surface area contributed by atoms with Crippen molar-refractivity contribution in [2.45, 2.75) is 111 Å². The number of rotatable bonds is 7. The Morgan fingerprint density at radius 1 is 1.12 bits per heavy atom. The Balaban J connectivity index is 1.24. The predicted octanol–water partition coefficient (Wildman–Crippen LogP) is 3.74. The van der Waals surface area contributed by atoms with Crippen molar-refractivity contribution in [1.29, 1.82) is 0 Å². The van der Waals surface area contributed by atoms with Crippen LogP contribution in [0, 0.1) is 16.5 Å². The molecule has 0 amide bonds. The lowest BCUT2D eigenvalue weighted by Crippen LogP contribution is -2.79. The van der Waals surface area contributed by atoms with Crippen LogP contribution in [0.2, 0.25) is 0 Å². The minimum atomic E-state index is -1.86. The molecule has 58 heavy (non-hydrogen) atoms. The Morgan fingerprint density at radius 3 is 2.64 bits per heavy atom. The van der Waals surface area contributed by atoms with E-state index in [9.17, 15) is 20.2 Å². The number of anilines is 2. The number of carbonyl (C=O) groups excluding carboxylic acids is 2. The summed E-state index contributed by atoms with van der Waals surface area (Å²) in [4.78, 5) is 32.3. The van der Waals surface area contributed by atoms with Crippen LogP contribution in [0.4, 0.5) is 11.4 Å². The minimum absolute atomic E-state index is 0.157. The van der Waals surface area contributed by atoms with E-state index in [1.807, 2.05) is 30.1 Å². The predicted molar refractivity (Wildman–Crippen MR) is 215 cm³/mol. The molecule has 13 atom stereocenters. The van der Waals surface area contributed by atoms with E-state index in [1.165, 1.54) is 14.0 Å². The number of likely N-dealkylation sites (N-methyl/N-ethyl adjacent to an activating group) is 1. The first-order valence-corrected chi connectivity index (χ1v) is 21.3. The van der Waals surface area contributed by atoms with Gasteiger partial charge in [0.2, 0.25) is 0 Å². The number of epoxide rings is 1. The van der Waals surface area contributed by atoms with E-state index in [0.29, 0.717) is 63.2 Å². The fourth-order valence-electron chi connectivity index (χ4n) is 14.5. The number of nitrogens with zero attached hydrogens (tertiary/aromatic N) is 3. The number of aliphatic hydroxyl groups excluding tert-OH is 1. The molecule has 2 bridgehead atoms. The number of methoxy groups -OCH3 is 2. The average molecular weight is 799 g/mol. The normalized spacial score (nSPS) is 43.9. The van der Waals surface area contributed by atoms with Gasteiger partial charge in [0, 0.05) is 78.6 Å². The summed E-state index contributed by atoms with van der Waals surface area (Å²) < 4.78 is 24.2. The van der Waals surface area contributed by atoms with Gasteiger partial charge in [-0.1, -0.05) is 44.2 Å². The van der Waals surface area contributed by atoms with E-state index in [1.54, 1.807) is 7.11 Å². The highest BCUT2D eigenvalue weighted by atomic mass is 16.6. The van der Waals surface area contributed by atoms with Crippen LogP contribution in [0.15, 0.2) is 48.6 Å². The van der Waals surface area contributed by atoms with E-state index in [0.717, 1.165) is 35.5 Å². The van der Waals surface area contributed by atoms with Crippen molar-refractivity contribution in [3.8, 4) is 5.75 Å². The number of quaternary nitrogens is 1. The lowest BCUT2D eigenvalue weighted by molar-refractivity contribution is -0.890. The smallest absolute Gasteiger partial charge is 0.318 e. The summed E-state index contributed by atoms with van der Waals surface area (Å²) in [6.45, 7) is 7.68. The number of nitrogens with one attached hydrogen (secondary N) is 1. The van der Waals surface area contributed by atoms with Crippen molar-refractivity contribution in [2.75, 3.05) is 70.8 Å². The van der Waals surface area contributed by atoms with E-state index < -0.39 is 57.6 Å². The SMILES string of the molecule is CCC12C[N+]3([O-])CCC4c5ccccc5NC4[C@@](C(=O)OC)(c4cc5c(cc4OC)N(C)[C@@H]4[C@](O)(COC(C)=O)[C@@H](O)[C@@]6(CC)C=CCN7CC[C@@]54[C@H]76)CC(C3)C1O2. The quantitative estimate of drug-likeness (QED) is 0.123. The molecule has 1 saturated carbocycles. The molecule has 312 valence electrons. The molecule has 7 heterocycles. The Hall–Kier alpha value is -3.72. The number of fused-ring (bicyclic) bond motifs is 8. The summed E-state index contributed by atoms with van der Waals surface area (Å²) in [6, 6.07) is 11.0. The van der Waals surface area contributed by atoms with Crippen LogP contribution in [0.3, 0.4) is 0 Å². The minimum Gasteiger partial charge on any atom is -0.633 e. The van der Waals surface area contributed by atoms with Gasteiger partial charge in [-0.3, -0.25) is 14.5 Å².